The molecule has 0 unspecified atom stereocenters. The molecule has 36 heavy (non-hydrogen) atoms. The van der Waals surface area contributed by atoms with Crippen LogP contribution in [-0.2, 0) is 9.53 Å². The number of aromatic hydroxyl groups is 1. The summed E-state index contributed by atoms with van der Waals surface area (Å²) in [6, 6.07) is 9.32. The summed E-state index contributed by atoms with van der Waals surface area (Å²) in [7, 11) is 4.51. The minimum Gasteiger partial charge on any atom is -0.504 e. The number of hydrogen-bond acceptors (Lipinski definition) is 9. The number of carbonyl (C=O) groups is 1. The van der Waals surface area contributed by atoms with E-state index in [4.69, 9.17) is 18.9 Å². The molecule has 0 saturated carbocycles. The van der Waals surface area contributed by atoms with Gasteiger partial charge in [0.05, 0.1) is 49.8 Å². The van der Waals surface area contributed by atoms with Crippen LogP contribution in [0.25, 0.3) is 6.08 Å². The lowest BCUT2D eigenvalue weighted by Crippen LogP contribution is -2.39. The van der Waals surface area contributed by atoms with Crippen LogP contribution in [0.4, 0.5) is 0 Å². The Morgan fingerprint density at radius 1 is 1.08 bits per heavy atom. The summed E-state index contributed by atoms with van der Waals surface area (Å²) in [5.41, 5.74) is 1.65. The van der Waals surface area contributed by atoms with Crippen molar-refractivity contribution in [1.82, 2.24) is 4.57 Å². The molecule has 3 aromatic rings. The van der Waals surface area contributed by atoms with Crippen LogP contribution in [0, 0.1) is 0 Å². The molecule has 1 N–H and O–H groups in total. The second kappa shape index (κ2) is 10.3. The zero-order chi connectivity index (χ0) is 26.0. The molecule has 0 amide bonds. The number of ether oxygens (including phenoxy) is 4. The van der Waals surface area contributed by atoms with Crippen molar-refractivity contribution in [2.75, 3.05) is 27.9 Å². The Labute approximate surface area is 211 Å². The van der Waals surface area contributed by atoms with Gasteiger partial charge in [-0.15, -0.1) is 0 Å². The minimum atomic E-state index is -0.786. The molecule has 0 fully saturated rings. The summed E-state index contributed by atoms with van der Waals surface area (Å²) in [6.07, 6.45) is 1.66. The molecule has 9 nitrogen and oxygen atoms in total. The first-order valence-corrected chi connectivity index (χ1v) is 11.9. The van der Waals surface area contributed by atoms with Gasteiger partial charge in [-0.3, -0.25) is 9.36 Å². The first-order chi connectivity index (χ1) is 17.3. The van der Waals surface area contributed by atoms with Gasteiger partial charge in [0.1, 0.15) is 0 Å². The van der Waals surface area contributed by atoms with Crippen molar-refractivity contribution in [2.24, 2.45) is 4.99 Å². The fourth-order valence-corrected chi connectivity index (χ4v) is 5.12. The predicted octanol–water partition coefficient (Wildman–Crippen LogP) is 2.53. The number of methoxy groups -OCH3 is 3. The van der Waals surface area contributed by atoms with E-state index in [1.54, 1.807) is 50.3 Å². The van der Waals surface area contributed by atoms with Crippen molar-refractivity contribution in [2.45, 2.75) is 19.9 Å². The smallest absolute Gasteiger partial charge is 0.338 e. The Hall–Kier alpha value is -4.05. The Morgan fingerprint density at radius 3 is 2.42 bits per heavy atom. The van der Waals surface area contributed by atoms with E-state index in [-0.39, 0.29) is 23.5 Å². The number of nitrogens with zero attached hydrogens (tertiary/aromatic N) is 2. The van der Waals surface area contributed by atoms with Gasteiger partial charge in [-0.25, -0.2) is 9.79 Å². The number of phenolic OH excluding ortho intramolecular Hbond substituents is 1. The molecule has 188 valence electrons. The molecular formula is C26H26N2O7S. The van der Waals surface area contributed by atoms with Gasteiger partial charge in [0, 0.05) is 0 Å². The Balaban J connectivity index is 1.95. The third-order valence-corrected chi connectivity index (χ3v) is 6.72. The van der Waals surface area contributed by atoms with Gasteiger partial charge in [0.2, 0.25) is 0 Å². The molecule has 2 heterocycles. The molecule has 1 aliphatic heterocycles. The number of phenols is 1. The summed E-state index contributed by atoms with van der Waals surface area (Å²) in [4.78, 5) is 31.7. The number of aromatic nitrogens is 1. The molecule has 0 spiro atoms. The molecule has 0 radical (unpaired) electrons. The van der Waals surface area contributed by atoms with Gasteiger partial charge in [0.25, 0.3) is 5.56 Å². The van der Waals surface area contributed by atoms with E-state index >= 15 is 0 Å². The molecule has 1 aliphatic rings. The van der Waals surface area contributed by atoms with Gasteiger partial charge in [-0.1, -0.05) is 23.5 Å². The SMILES string of the molecule is CCOC(=O)C1=C(C)N=c2s/c(=C\c3ccc(OC)c(O)c3)c(=O)n2[C@H]1c1ccc(OC)c(OC)c1. The lowest BCUT2D eigenvalue weighted by molar-refractivity contribution is -0.139. The van der Waals surface area contributed by atoms with E-state index in [1.807, 2.05) is 0 Å². The van der Waals surface area contributed by atoms with E-state index in [1.165, 1.54) is 43.3 Å². The quantitative estimate of drug-likeness (QED) is 0.487. The zero-order valence-corrected chi connectivity index (χ0v) is 21.3. The van der Waals surface area contributed by atoms with Crippen LogP contribution < -0.4 is 29.1 Å². The third kappa shape index (κ3) is 4.47. The number of carbonyl (C=O) groups excluding carboxylic acids is 1. The number of rotatable bonds is 7. The molecule has 0 bridgehead atoms. The average Bonchev–Trinajstić information content (AvgIpc) is 3.17. The maximum atomic E-state index is 13.7. The summed E-state index contributed by atoms with van der Waals surface area (Å²) in [5.74, 6) is 0.724. The number of esters is 1. The number of thiazole rings is 1. The van der Waals surface area contributed by atoms with E-state index in [0.29, 0.717) is 43.4 Å². The van der Waals surface area contributed by atoms with E-state index in [0.717, 1.165) is 0 Å². The van der Waals surface area contributed by atoms with Crippen molar-refractivity contribution in [1.29, 1.82) is 0 Å². The van der Waals surface area contributed by atoms with E-state index in [2.05, 4.69) is 4.99 Å². The van der Waals surface area contributed by atoms with Gasteiger partial charge < -0.3 is 24.1 Å². The van der Waals surface area contributed by atoms with Crippen LogP contribution in [0.2, 0.25) is 0 Å². The highest BCUT2D eigenvalue weighted by molar-refractivity contribution is 7.07. The first kappa shape index (κ1) is 25.1. The van der Waals surface area contributed by atoms with Crippen LogP contribution >= 0.6 is 11.3 Å². The molecule has 10 heteroatoms. The Bertz CT molecular complexity index is 1530. The fraction of sp³-hybridized carbons (Fsp3) is 0.269. The lowest BCUT2D eigenvalue weighted by atomic mass is 9.95. The van der Waals surface area contributed by atoms with Crippen LogP contribution in [0.3, 0.4) is 0 Å². The number of fused-ring (bicyclic) bond motifs is 1. The van der Waals surface area contributed by atoms with Gasteiger partial charge in [0.15, 0.2) is 27.8 Å². The highest BCUT2D eigenvalue weighted by Gasteiger charge is 2.33. The van der Waals surface area contributed by atoms with Gasteiger partial charge >= 0.3 is 5.97 Å². The lowest BCUT2D eigenvalue weighted by Gasteiger charge is -2.25. The van der Waals surface area contributed by atoms with Gasteiger partial charge in [-0.05, 0) is 55.3 Å². The largest absolute Gasteiger partial charge is 0.504 e. The summed E-state index contributed by atoms with van der Waals surface area (Å²) in [6.45, 7) is 3.62. The van der Waals surface area contributed by atoms with Crippen molar-refractivity contribution in [3.05, 3.63) is 78.5 Å². The number of hydrogen-bond donors (Lipinski definition) is 1. The molecule has 1 aromatic heterocycles. The van der Waals surface area contributed by atoms with Crippen LogP contribution in [0.5, 0.6) is 23.0 Å². The highest BCUT2D eigenvalue weighted by Crippen LogP contribution is 2.36. The molecule has 0 saturated heterocycles. The van der Waals surface area contributed by atoms with E-state index < -0.39 is 12.0 Å². The maximum absolute atomic E-state index is 13.7. The highest BCUT2D eigenvalue weighted by atomic mass is 32.1. The molecule has 1 atom stereocenters. The minimum absolute atomic E-state index is 0.0392. The van der Waals surface area contributed by atoms with E-state index in [9.17, 15) is 14.7 Å². The van der Waals surface area contributed by atoms with Crippen molar-refractivity contribution in [3.8, 4) is 23.0 Å². The summed E-state index contributed by atoms with van der Waals surface area (Å²) in [5, 5.41) is 10.1. The number of benzene rings is 2. The fourth-order valence-electron chi connectivity index (χ4n) is 4.08. The average molecular weight is 511 g/mol. The van der Waals surface area contributed by atoms with Crippen molar-refractivity contribution in [3.63, 3.8) is 0 Å². The van der Waals surface area contributed by atoms with Crippen LogP contribution in [0.15, 0.2) is 57.5 Å². The molecule has 2 aromatic carbocycles. The first-order valence-electron chi connectivity index (χ1n) is 11.1. The topological polar surface area (TPSA) is 109 Å². The van der Waals surface area contributed by atoms with Crippen LogP contribution in [0.1, 0.15) is 31.0 Å². The summed E-state index contributed by atoms with van der Waals surface area (Å²) >= 11 is 1.19. The Kier molecular flexibility index (Phi) is 7.16. The normalized spacial score (nSPS) is 15.2. The van der Waals surface area contributed by atoms with Crippen LogP contribution in [-0.4, -0.2) is 43.6 Å². The Morgan fingerprint density at radius 2 is 1.78 bits per heavy atom. The number of allylic oxidation sites excluding steroid dienone is 1. The monoisotopic (exact) mass is 510 g/mol. The van der Waals surface area contributed by atoms with Gasteiger partial charge in [-0.2, -0.15) is 0 Å². The third-order valence-electron chi connectivity index (χ3n) is 5.74. The second-order valence-electron chi connectivity index (χ2n) is 7.85. The summed E-state index contributed by atoms with van der Waals surface area (Å²) < 4.78 is 23.1. The van der Waals surface area contributed by atoms with Crippen molar-refractivity contribution >= 4 is 23.4 Å². The standard InChI is InChI=1S/C26H26N2O7S/c1-6-35-25(31)22-14(2)27-26-28(23(22)16-8-10-19(33-4)20(13-16)34-5)24(30)21(36-26)12-15-7-9-18(32-3)17(29)11-15/h7-13,23,29H,6H2,1-5H3/b21-12-/t23-/m0/s1. The van der Waals surface area contributed by atoms with Crippen molar-refractivity contribution < 1.29 is 28.8 Å². The second-order valence-corrected chi connectivity index (χ2v) is 8.86. The predicted molar refractivity (Wildman–Crippen MR) is 135 cm³/mol. The maximum Gasteiger partial charge on any atom is 0.338 e. The zero-order valence-electron chi connectivity index (χ0n) is 20.5. The molecule has 0 aliphatic carbocycles. The molecular weight excluding hydrogens is 484 g/mol. The molecule has 4 rings (SSSR count).